The van der Waals surface area contributed by atoms with E-state index in [0.29, 0.717) is 0 Å². The van der Waals surface area contributed by atoms with Gasteiger partial charge in [-0.15, -0.1) is 0 Å². The first kappa shape index (κ1) is 11.4. The van der Waals surface area contributed by atoms with E-state index in [0.717, 1.165) is 12.1 Å². The monoisotopic (exact) mass is 221 g/mol. The number of halogens is 3. The summed E-state index contributed by atoms with van der Waals surface area (Å²) in [6.45, 7) is 1.40. The van der Waals surface area contributed by atoms with Crippen molar-refractivity contribution in [1.29, 1.82) is 0 Å². The summed E-state index contributed by atoms with van der Waals surface area (Å²) in [5.74, 6) is -1.47. The lowest BCUT2D eigenvalue weighted by Crippen LogP contribution is -2.24. The molecule has 0 spiro atoms. The lowest BCUT2D eigenvalue weighted by molar-refractivity contribution is 0.162. The standard InChI is InChI=1S/C9H10ClF2NO/c1-4(14)9(13)5-2-8(12)6(10)3-7(5)11/h2-4,9,14H,13H2,1H3. The van der Waals surface area contributed by atoms with Gasteiger partial charge < -0.3 is 10.8 Å². The third-order valence-electron chi connectivity index (χ3n) is 1.92. The Hall–Kier alpha value is -0.710. The number of hydrogen-bond acceptors (Lipinski definition) is 2. The molecule has 0 radical (unpaired) electrons. The number of rotatable bonds is 2. The molecule has 0 saturated carbocycles. The Labute approximate surface area is 85.3 Å². The second-order valence-corrected chi connectivity index (χ2v) is 3.46. The van der Waals surface area contributed by atoms with Crippen LogP contribution in [0.3, 0.4) is 0 Å². The summed E-state index contributed by atoms with van der Waals surface area (Å²) in [5, 5.41) is 8.81. The van der Waals surface area contributed by atoms with Gasteiger partial charge in [0, 0.05) is 5.56 Å². The van der Waals surface area contributed by atoms with Gasteiger partial charge in [-0.3, -0.25) is 0 Å². The molecule has 2 nitrogen and oxygen atoms in total. The van der Waals surface area contributed by atoms with Gasteiger partial charge in [0.05, 0.1) is 17.2 Å². The van der Waals surface area contributed by atoms with Crippen molar-refractivity contribution in [3.8, 4) is 0 Å². The van der Waals surface area contributed by atoms with Gasteiger partial charge in [0.25, 0.3) is 0 Å². The van der Waals surface area contributed by atoms with Crippen LogP contribution < -0.4 is 5.73 Å². The van der Waals surface area contributed by atoms with E-state index in [1.807, 2.05) is 0 Å². The molecule has 0 aliphatic rings. The van der Waals surface area contributed by atoms with Crippen LogP contribution in [0.1, 0.15) is 18.5 Å². The Morgan fingerprint density at radius 3 is 2.43 bits per heavy atom. The maximum atomic E-state index is 13.2. The summed E-state index contributed by atoms with van der Waals surface area (Å²) in [6.07, 6.45) is -0.954. The minimum Gasteiger partial charge on any atom is -0.391 e. The molecule has 0 aliphatic carbocycles. The van der Waals surface area contributed by atoms with Gasteiger partial charge in [-0.2, -0.15) is 0 Å². The Morgan fingerprint density at radius 2 is 1.93 bits per heavy atom. The fourth-order valence-corrected chi connectivity index (χ4v) is 1.20. The molecular formula is C9H10ClF2NO. The van der Waals surface area contributed by atoms with Gasteiger partial charge in [0.15, 0.2) is 0 Å². The highest BCUT2D eigenvalue weighted by atomic mass is 35.5. The summed E-state index contributed by atoms with van der Waals surface area (Å²) in [5.41, 5.74) is 5.38. The van der Waals surface area contributed by atoms with Crippen molar-refractivity contribution in [3.63, 3.8) is 0 Å². The van der Waals surface area contributed by atoms with E-state index in [1.165, 1.54) is 6.92 Å². The topological polar surface area (TPSA) is 46.2 Å². The first-order valence-corrected chi connectivity index (χ1v) is 4.39. The van der Waals surface area contributed by atoms with Crippen LogP contribution >= 0.6 is 11.6 Å². The minimum atomic E-state index is -0.957. The van der Waals surface area contributed by atoms with Crippen LogP contribution in [-0.4, -0.2) is 11.2 Å². The molecule has 1 aromatic rings. The molecule has 78 valence electrons. The van der Waals surface area contributed by atoms with Crippen LogP contribution in [0.5, 0.6) is 0 Å². The molecule has 5 heteroatoms. The van der Waals surface area contributed by atoms with Crippen LogP contribution in [0.15, 0.2) is 12.1 Å². The molecular weight excluding hydrogens is 212 g/mol. The van der Waals surface area contributed by atoms with Crippen molar-refractivity contribution in [2.45, 2.75) is 19.1 Å². The maximum absolute atomic E-state index is 13.2. The number of benzene rings is 1. The van der Waals surface area contributed by atoms with Crippen molar-refractivity contribution < 1.29 is 13.9 Å². The van der Waals surface area contributed by atoms with Crippen molar-refractivity contribution >= 4 is 11.6 Å². The minimum absolute atomic E-state index is 0.0816. The quantitative estimate of drug-likeness (QED) is 0.751. The van der Waals surface area contributed by atoms with Crippen LogP contribution in [0.25, 0.3) is 0 Å². The molecule has 0 aliphatic heterocycles. The predicted octanol–water partition coefficient (Wildman–Crippen LogP) is 2.00. The first-order valence-electron chi connectivity index (χ1n) is 4.01. The van der Waals surface area contributed by atoms with E-state index in [1.54, 1.807) is 0 Å². The summed E-state index contributed by atoms with van der Waals surface area (Å²) in [7, 11) is 0. The molecule has 0 fully saturated rings. The first-order chi connectivity index (χ1) is 6.43. The van der Waals surface area contributed by atoms with E-state index in [4.69, 9.17) is 22.4 Å². The van der Waals surface area contributed by atoms with Gasteiger partial charge in [-0.25, -0.2) is 8.78 Å². The van der Waals surface area contributed by atoms with Crippen LogP contribution in [0.2, 0.25) is 5.02 Å². The van der Waals surface area contributed by atoms with Crippen molar-refractivity contribution in [3.05, 3.63) is 34.4 Å². The molecule has 1 rings (SSSR count). The molecule has 0 heterocycles. The van der Waals surface area contributed by atoms with E-state index in [2.05, 4.69) is 0 Å². The zero-order valence-electron chi connectivity index (χ0n) is 7.47. The number of aliphatic hydroxyl groups excluding tert-OH is 1. The van der Waals surface area contributed by atoms with Crippen LogP contribution in [0, 0.1) is 11.6 Å². The molecule has 2 unspecified atom stereocenters. The number of nitrogens with two attached hydrogens (primary N) is 1. The largest absolute Gasteiger partial charge is 0.391 e. The normalized spacial score (nSPS) is 15.3. The highest BCUT2D eigenvalue weighted by Gasteiger charge is 2.18. The summed E-state index contributed by atoms with van der Waals surface area (Å²) in [4.78, 5) is 0. The zero-order chi connectivity index (χ0) is 10.9. The summed E-state index contributed by atoms with van der Waals surface area (Å²) < 4.78 is 26.1. The van der Waals surface area contributed by atoms with Gasteiger partial charge in [-0.1, -0.05) is 11.6 Å². The molecule has 0 amide bonds. The number of hydrogen-bond donors (Lipinski definition) is 2. The smallest absolute Gasteiger partial charge is 0.142 e. The maximum Gasteiger partial charge on any atom is 0.142 e. The predicted molar refractivity (Wildman–Crippen MR) is 50.0 cm³/mol. The van der Waals surface area contributed by atoms with Gasteiger partial charge in [0.2, 0.25) is 0 Å². The lowest BCUT2D eigenvalue weighted by Gasteiger charge is -2.16. The lowest BCUT2D eigenvalue weighted by atomic mass is 10.0. The van der Waals surface area contributed by atoms with Gasteiger partial charge >= 0.3 is 0 Å². The molecule has 3 N–H and O–H groups in total. The summed E-state index contributed by atoms with van der Waals surface area (Å²) in [6, 6.07) is 0.783. The van der Waals surface area contributed by atoms with E-state index in [-0.39, 0.29) is 10.6 Å². The fraction of sp³-hybridized carbons (Fsp3) is 0.333. The van der Waals surface area contributed by atoms with E-state index < -0.39 is 23.8 Å². The molecule has 14 heavy (non-hydrogen) atoms. The van der Waals surface area contributed by atoms with E-state index in [9.17, 15) is 8.78 Å². The van der Waals surface area contributed by atoms with Gasteiger partial charge in [0.1, 0.15) is 11.6 Å². The second-order valence-electron chi connectivity index (χ2n) is 3.05. The molecule has 2 atom stereocenters. The molecule has 0 aromatic heterocycles. The Morgan fingerprint density at radius 1 is 1.36 bits per heavy atom. The average molecular weight is 222 g/mol. The highest BCUT2D eigenvalue weighted by molar-refractivity contribution is 6.30. The fourth-order valence-electron chi connectivity index (χ4n) is 1.05. The Bertz CT molecular complexity index is 344. The molecule has 0 bridgehead atoms. The average Bonchev–Trinajstić information content (AvgIpc) is 2.10. The third-order valence-corrected chi connectivity index (χ3v) is 2.21. The Kier molecular flexibility index (Phi) is 3.42. The van der Waals surface area contributed by atoms with Gasteiger partial charge in [-0.05, 0) is 19.1 Å². The van der Waals surface area contributed by atoms with Crippen molar-refractivity contribution in [1.82, 2.24) is 0 Å². The second kappa shape index (κ2) is 4.21. The van der Waals surface area contributed by atoms with Crippen LogP contribution in [-0.2, 0) is 0 Å². The van der Waals surface area contributed by atoms with Crippen molar-refractivity contribution in [2.75, 3.05) is 0 Å². The zero-order valence-corrected chi connectivity index (χ0v) is 8.22. The van der Waals surface area contributed by atoms with Crippen molar-refractivity contribution in [2.24, 2.45) is 5.73 Å². The van der Waals surface area contributed by atoms with E-state index >= 15 is 0 Å². The Balaban J connectivity index is 3.15. The third kappa shape index (κ3) is 2.20. The number of aliphatic hydroxyl groups is 1. The van der Waals surface area contributed by atoms with Crippen LogP contribution in [0.4, 0.5) is 8.78 Å². The highest BCUT2D eigenvalue weighted by Crippen LogP contribution is 2.24. The summed E-state index contributed by atoms with van der Waals surface area (Å²) >= 11 is 5.35. The SMILES string of the molecule is CC(O)C(N)c1cc(F)c(Cl)cc1F. The molecule has 1 aromatic carbocycles. The molecule has 0 saturated heterocycles.